The molecule has 1 heterocycles. The van der Waals surface area contributed by atoms with Gasteiger partial charge in [0.2, 0.25) is 5.91 Å². The molecule has 0 unspecified atom stereocenters. The average Bonchev–Trinajstić information content (AvgIpc) is 1.96. The minimum absolute atomic E-state index is 0.176. The summed E-state index contributed by atoms with van der Waals surface area (Å²) in [5.74, 6) is 0.735. The van der Waals surface area contributed by atoms with Gasteiger partial charge in [-0.2, -0.15) is 0 Å². The summed E-state index contributed by atoms with van der Waals surface area (Å²) in [4.78, 5) is 13.4. The molecule has 3 N–H and O–H groups in total. The van der Waals surface area contributed by atoms with Crippen molar-refractivity contribution in [3.8, 4) is 0 Å². The second-order valence-electron chi connectivity index (χ2n) is 4.22. The van der Waals surface area contributed by atoms with Crippen LogP contribution in [0.2, 0.25) is 0 Å². The number of aliphatic hydroxyl groups is 1. The molecule has 4 heteroatoms. The van der Waals surface area contributed by atoms with Crippen LogP contribution in [0, 0.1) is 11.8 Å². The SMILES string of the molecule is NC1CC(C(=O)N2CC(CO)C2)C1. The zero-order chi connectivity index (χ0) is 9.42. The highest BCUT2D eigenvalue weighted by Gasteiger charge is 2.39. The van der Waals surface area contributed by atoms with Crippen molar-refractivity contribution in [2.45, 2.75) is 18.9 Å². The lowest BCUT2D eigenvalue weighted by molar-refractivity contribution is -0.146. The van der Waals surface area contributed by atoms with Crippen molar-refractivity contribution in [1.82, 2.24) is 4.90 Å². The van der Waals surface area contributed by atoms with Crippen LogP contribution >= 0.6 is 0 Å². The summed E-state index contributed by atoms with van der Waals surface area (Å²) in [5, 5.41) is 8.78. The normalized spacial score (nSPS) is 33.8. The minimum atomic E-state index is 0.176. The summed E-state index contributed by atoms with van der Waals surface area (Å²) in [7, 11) is 0. The molecular weight excluding hydrogens is 168 g/mol. The summed E-state index contributed by atoms with van der Waals surface area (Å²) in [6.07, 6.45) is 1.69. The van der Waals surface area contributed by atoms with Crippen LogP contribution in [0.25, 0.3) is 0 Å². The van der Waals surface area contributed by atoms with Crippen LogP contribution in [-0.4, -0.2) is 41.7 Å². The molecule has 0 radical (unpaired) electrons. The van der Waals surface area contributed by atoms with E-state index in [-0.39, 0.29) is 24.5 Å². The monoisotopic (exact) mass is 184 g/mol. The Balaban J connectivity index is 1.74. The Kier molecular flexibility index (Phi) is 2.26. The third-order valence-corrected chi connectivity index (χ3v) is 3.05. The molecule has 13 heavy (non-hydrogen) atoms. The van der Waals surface area contributed by atoms with Crippen molar-refractivity contribution in [2.24, 2.45) is 17.6 Å². The van der Waals surface area contributed by atoms with Gasteiger partial charge in [-0.05, 0) is 12.8 Å². The Morgan fingerprint density at radius 2 is 2.08 bits per heavy atom. The highest BCUT2D eigenvalue weighted by Crippen LogP contribution is 2.30. The number of carbonyl (C=O) groups excluding carboxylic acids is 1. The average molecular weight is 184 g/mol. The third kappa shape index (κ3) is 1.56. The van der Waals surface area contributed by atoms with Crippen molar-refractivity contribution in [2.75, 3.05) is 19.7 Å². The summed E-state index contributed by atoms with van der Waals surface area (Å²) in [6, 6.07) is 0.240. The standard InChI is InChI=1S/C9H16N2O2/c10-8-1-7(2-8)9(13)11-3-6(4-11)5-12/h6-8,12H,1-5,10H2. The number of hydrogen-bond donors (Lipinski definition) is 2. The molecule has 1 amide bonds. The number of carbonyl (C=O) groups is 1. The highest BCUT2D eigenvalue weighted by atomic mass is 16.3. The van der Waals surface area contributed by atoms with Gasteiger partial charge in [0.1, 0.15) is 0 Å². The summed E-state index contributed by atoms with van der Waals surface area (Å²) in [6.45, 7) is 1.68. The molecule has 1 aliphatic carbocycles. The van der Waals surface area contributed by atoms with Crippen LogP contribution in [0.4, 0.5) is 0 Å². The Labute approximate surface area is 77.7 Å². The molecule has 0 aromatic carbocycles. The largest absolute Gasteiger partial charge is 0.396 e. The molecule has 1 saturated carbocycles. The van der Waals surface area contributed by atoms with Gasteiger partial charge in [-0.3, -0.25) is 4.79 Å². The van der Waals surface area contributed by atoms with Crippen LogP contribution in [0.5, 0.6) is 0 Å². The molecule has 0 aromatic rings. The second kappa shape index (κ2) is 3.27. The van der Waals surface area contributed by atoms with Gasteiger partial charge < -0.3 is 15.7 Å². The Morgan fingerprint density at radius 1 is 1.46 bits per heavy atom. The number of rotatable bonds is 2. The molecule has 74 valence electrons. The van der Waals surface area contributed by atoms with E-state index in [0.29, 0.717) is 5.92 Å². The van der Waals surface area contributed by atoms with Gasteiger partial charge in [-0.15, -0.1) is 0 Å². The van der Waals surface area contributed by atoms with Crippen LogP contribution in [0.3, 0.4) is 0 Å². The molecule has 2 fully saturated rings. The van der Waals surface area contributed by atoms with Crippen LogP contribution < -0.4 is 5.73 Å². The molecule has 4 nitrogen and oxygen atoms in total. The summed E-state index contributed by atoms with van der Waals surface area (Å²) in [5.41, 5.74) is 5.61. The van der Waals surface area contributed by atoms with Crippen molar-refractivity contribution in [3.05, 3.63) is 0 Å². The van der Waals surface area contributed by atoms with Gasteiger partial charge >= 0.3 is 0 Å². The lowest BCUT2D eigenvalue weighted by Crippen LogP contribution is -2.56. The Bertz CT molecular complexity index is 208. The van der Waals surface area contributed by atoms with E-state index in [1.165, 1.54) is 0 Å². The lowest BCUT2D eigenvalue weighted by Gasteiger charge is -2.43. The fourth-order valence-corrected chi connectivity index (χ4v) is 1.99. The summed E-state index contributed by atoms with van der Waals surface area (Å²) >= 11 is 0. The first-order valence-electron chi connectivity index (χ1n) is 4.86. The topological polar surface area (TPSA) is 66.6 Å². The first kappa shape index (κ1) is 8.97. The predicted molar refractivity (Wildman–Crippen MR) is 47.9 cm³/mol. The van der Waals surface area contributed by atoms with E-state index >= 15 is 0 Å². The van der Waals surface area contributed by atoms with Gasteiger partial charge in [0, 0.05) is 37.6 Å². The first-order chi connectivity index (χ1) is 6.20. The molecule has 0 aromatic heterocycles. The zero-order valence-electron chi connectivity index (χ0n) is 7.65. The van der Waals surface area contributed by atoms with Crippen LogP contribution in [-0.2, 0) is 4.79 Å². The molecule has 1 aliphatic heterocycles. The van der Waals surface area contributed by atoms with Gasteiger partial charge in [-0.1, -0.05) is 0 Å². The van der Waals surface area contributed by atoms with Crippen molar-refractivity contribution < 1.29 is 9.90 Å². The fraction of sp³-hybridized carbons (Fsp3) is 0.889. The second-order valence-corrected chi connectivity index (χ2v) is 4.22. The van der Waals surface area contributed by atoms with Gasteiger partial charge in [0.25, 0.3) is 0 Å². The number of hydrogen-bond acceptors (Lipinski definition) is 3. The van der Waals surface area contributed by atoms with Gasteiger partial charge in [0.05, 0.1) is 0 Å². The highest BCUT2D eigenvalue weighted by molar-refractivity contribution is 5.80. The number of aliphatic hydroxyl groups excluding tert-OH is 1. The minimum Gasteiger partial charge on any atom is -0.396 e. The number of nitrogens with two attached hydrogens (primary N) is 1. The van der Waals surface area contributed by atoms with E-state index in [1.807, 2.05) is 4.90 Å². The molecular formula is C9H16N2O2. The van der Waals surface area contributed by atoms with Crippen LogP contribution in [0.1, 0.15) is 12.8 Å². The van der Waals surface area contributed by atoms with Crippen LogP contribution in [0.15, 0.2) is 0 Å². The van der Waals surface area contributed by atoms with E-state index in [4.69, 9.17) is 10.8 Å². The first-order valence-corrected chi connectivity index (χ1v) is 4.86. The van der Waals surface area contributed by atoms with E-state index in [0.717, 1.165) is 25.9 Å². The van der Waals surface area contributed by atoms with Gasteiger partial charge in [-0.25, -0.2) is 0 Å². The maximum absolute atomic E-state index is 11.6. The Morgan fingerprint density at radius 3 is 2.54 bits per heavy atom. The maximum atomic E-state index is 11.6. The molecule has 2 rings (SSSR count). The van der Waals surface area contributed by atoms with E-state index < -0.39 is 0 Å². The molecule has 0 spiro atoms. The Hall–Kier alpha value is -0.610. The lowest BCUT2D eigenvalue weighted by atomic mass is 9.79. The maximum Gasteiger partial charge on any atom is 0.225 e. The summed E-state index contributed by atoms with van der Waals surface area (Å²) < 4.78 is 0. The molecule has 0 bridgehead atoms. The fourth-order valence-electron chi connectivity index (χ4n) is 1.99. The predicted octanol–water partition coefficient (Wildman–Crippen LogP) is -0.826. The van der Waals surface area contributed by atoms with Gasteiger partial charge in [0.15, 0.2) is 0 Å². The number of amides is 1. The third-order valence-electron chi connectivity index (χ3n) is 3.05. The van der Waals surface area contributed by atoms with E-state index in [1.54, 1.807) is 0 Å². The molecule has 2 aliphatic rings. The number of likely N-dealkylation sites (tertiary alicyclic amines) is 1. The van der Waals surface area contributed by atoms with Crippen molar-refractivity contribution in [3.63, 3.8) is 0 Å². The zero-order valence-corrected chi connectivity index (χ0v) is 7.65. The van der Waals surface area contributed by atoms with Crippen molar-refractivity contribution >= 4 is 5.91 Å². The number of nitrogens with zero attached hydrogens (tertiary/aromatic N) is 1. The molecule has 0 atom stereocenters. The van der Waals surface area contributed by atoms with E-state index in [9.17, 15) is 4.79 Å². The smallest absolute Gasteiger partial charge is 0.225 e. The molecule has 1 saturated heterocycles. The van der Waals surface area contributed by atoms with Crippen molar-refractivity contribution in [1.29, 1.82) is 0 Å². The quantitative estimate of drug-likeness (QED) is 0.589. The van der Waals surface area contributed by atoms with E-state index in [2.05, 4.69) is 0 Å².